The Kier molecular flexibility index (Phi) is 4.23. The van der Waals surface area contributed by atoms with Crippen molar-refractivity contribution in [1.82, 2.24) is 5.32 Å². The third-order valence-electron chi connectivity index (χ3n) is 4.50. The summed E-state index contributed by atoms with van der Waals surface area (Å²) in [6.45, 7) is 0.552. The second kappa shape index (κ2) is 6.84. The largest absolute Gasteiger partial charge is 0.348 e. The van der Waals surface area contributed by atoms with Gasteiger partial charge in [0, 0.05) is 17.8 Å². The number of carbonyl (C=O) groups is 2. The lowest BCUT2D eigenvalue weighted by molar-refractivity contribution is -0.115. The molecule has 0 unspecified atom stereocenters. The van der Waals surface area contributed by atoms with E-state index in [1.54, 1.807) is 6.07 Å². The SMILES string of the molecule is O=C(Cc1ccc(-c2ccccc2)cc1)Nc1ccc2c(c1)C(=O)NC2. The van der Waals surface area contributed by atoms with Crippen molar-refractivity contribution in [2.24, 2.45) is 0 Å². The first-order valence-electron chi connectivity index (χ1n) is 8.54. The van der Waals surface area contributed by atoms with Gasteiger partial charge in [-0.3, -0.25) is 9.59 Å². The molecule has 0 bridgehead atoms. The fraction of sp³-hybridized carbons (Fsp3) is 0.0909. The molecule has 0 aromatic heterocycles. The Labute approximate surface area is 151 Å². The summed E-state index contributed by atoms with van der Waals surface area (Å²) in [5, 5.41) is 5.64. The van der Waals surface area contributed by atoms with Gasteiger partial charge < -0.3 is 10.6 Å². The van der Waals surface area contributed by atoms with Gasteiger partial charge in [0.05, 0.1) is 6.42 Å². The molecule has 2 N–H and O–H groups in total. The summed E-state index contributed by atoms with van der Waals surface area (Å²) in [6, 6.07) is 23.6. The molecule has 1 aliphatic heterocycles. The highest BCUT2D eigenvalue weighted by molar-refractivity contribution is 6.00. The van der Waals surface area contributed by atoms with Crippen LogP contribution in [-0.2, 0) is 17.8 Å². The predicted molar refractivity (Wildman–Crippen MR) is 102 cm³/mol. The highest BCUT2D eigenvalue weighted by Gasteiger charge is 2.19. The average Bonchev–Trinajstić information content (AvgIpc) is 3.03. The molecular formula is C22H18N2O2. The Hall–Kier alpha value is -3.40. The summed E-state index contributed by atoms with van der Waals surface area (Å²) < 4.78 is 0. The maximum Gasteiger partial charge on any atom is 0.251 e. The van der Waals surface area contributed by atoms with E-state index in [2.05, 4.69) is 22.8 Å². The van der Waals surface area contributed by atoms with Crippen LogP contribution in [0.25, 0.3) is 11.1 Å². The van der Waals surface area contributed by atoms with E-state index in [1.165, 1.54) is 0 Å². The van der Waals surface area contributed by atoms with Gasteiger partial charge in [0.2, 0.25) is 5.91 Å². The summed E-state index contributed by atoms with van der Waals surface area (Å²) in [7, 11) is 0. The van der Waals surface area contributed by atoms with E-state index in [0.29, 0.717) is 24.2 Å². The van der Waals surface area contributed by atoms with Crippen molar-refractivity contribution < 1.29 is 9.59 Å². The third-order valence-corrected chi connectivity index (χ3v) is 4.50. The third kappa shape index (κ3) is 3.35. The monoisotopic (exact) mass is 342 g/mol. The van der Waals surface area contributed by atoms with Crippen molar-refractivity contribution in [2.75, 3.05) is 5.32 Å². The fourth-order valence-electron chi connectivity index (χ4n) is 3.13. The van der Waals surface area contributed by atoms with Gasteiger partial charge in [0.15, 0.2) is 0 Å². The van der Waals surface area contributed by atoms with Gasteiger partial charge in [-0.15, -0.1) is 0 Å². The van der Waals surface area contributed by atoms with E-state index in [0.717, 1.165) is 22.3 Å². The van der Waals surface area contributed by atoms with Gasteiger partial charge in [-0.1, -0.05) is 60.7 Å². The van der Waals surface area contributed by atoms with Gasteiger partial charge >= 0.3 is 0 Å². The van der Waals surface area contributed by atoms with E-state index >= 15 is 0 Å². The second-order valence-corrected chi connectivity index (χ2v) is 6.34. The molecule has 0 spiro atoms. The molecule has 1 heterocycles. The first-order chi connectivity index (χ1) is 12.7. The van der Waals surface area contributed by atoms with Crippen LogP contribution < -0.4 is 10.6 Å². The zero-order valence-electron chi connectivity index (χ0n) is 14.2. The van der Waals surface area contributed by atoms with Crippen LogP contribution in [0.1, 0.15) is 21.5 Å². The Balaban J connectivity index is 1.42. The van der Waals surface area contributed by atoms with Crippen LogP contribution in [0.4, 0.5) is 5.69 Å². The van der Waals surface area contributed by atoms with E-state index in [9.17, 15) is 9.59 Å². The first kappa shape index (κ1) is 16.1. The topological polar surface area (TPSA) is 58.2 Å². The van der Waals surface area contributed by atoms with Gasteiger partial charge in [0.25, 0.3) is 5.91 Å². The van der Waals surface area contributed by atoms with Crippen LogP contribution in [-0.4, -0.2) is 11.8 Å². The van der Waals surface area contributed by atoms with Crippen molar-refractivity contribution in [1.29, 1.82) is 0 Å². The Morgan fingerprint density at radius 1 is 0.923 bits per heavy atom. The number of fused-ring (bicyclic) bond motifs is 1. The van der Waals surface area contributed by atoms with Crippen molar-refractivity contribution in [2.45, 2.75) is 13.0 Å². The Bertz CT molecular complexity index is 963. The lowest BCUT2D eigenvalue weighted by Gasteiger charge is -2.08. The molecule has 3 aromatic rings. The number of carbonyl (C=O) groups excluding carboxylic acids is 2. The van der Waals surface area contributed by atoms with E-state index in [1.807, 2.05) is 54.6 Å². The zero-order chi connectivity index (χ0) is 17.9. The highest BCUT2D eigenvalue weighted by Crippen LogP contribution is 2.21. The normalized spacial score (nSPS) is 12.4. The molecular weight excluding hydrogens is 324 g/mol. The number of amides is 2. The molecule has 4 heteroatoms. The number of rotatable bonds is 4. The van der Waals surface area contributed by atoms with E-state index in [-0.39, 0.29) is 11.8 Å². The average molecular weight is 342 g/mol. The lowest BCUT2D eigenvalue weighted by Crippen LogP contribution is -2.15. The van der Waals surface area contributed by atoms with Crippen LogP contribution in [0.5, 0.6) is 0 Å². The van der Waals surface area contributed by atoms with Crippen molar-refractivity contribution in [3.05, 3.63) is 89.5 Å². The summed E-state index contributed by atoms with van der Waals surface area (Å²) in [5.41, 5.74) is 5.46. The summed E-state index contributed by atoms with van der Waals surface area (Å²) in [4.78, 5) is 24.0. The Morgan fingerprint density at radius 2 is 1.65 bits per heavy atom. The molecule has 0 radical (unpaired) electrons. The number of hydrogen-bond donors (Lipinski definition) is 2. The molecule has 0 aliphatic carbocycles. The zero-order valence-corrected chi connectivity index (χ0v) is 14.2. The molecule has 1 aliphatic rings. The van der Waals surface area contributed by atoms with Gasteiger partial charge in [-0.05, 0) is 34.4 Å². The quantitative estimate of drug-likeness (QED) is 0.758. The predicted octanol–water partition coefficient (Wildman–Crippen LogP) is 3.78. The van der Waals surface area contributed by atoms with Gasteiger partial charge in [0.1, 0.15) is 0 Å². The summed E-state index contributed by atoms with van der Waals surface area (Å²) in [5.74, 6) is -0.191. The summed E-state index contributed by atoms with van der Waals surface area (Å²) in [6.07, 6.45) is 0.290. The number of nitrogens with one attached hydrogen (secondary N) is 2. The molecule has 0 fully saturated rings. The van der Waals surface area contributed by atoms with Crippen molar-refractivity contribution in [3.8, 4) is 11.1 Å². The van der Waals surface area contributed by atoms with Gasteiger partial charge in [-0.2, -0.15) is 0 Å². The van der Waals surface area contributed by atoms with Crippen molar-refractivity contribution in [3.63, 3.8) is 0 Å². The van der Waals surface area contributed by atoms with Crippen LogP contribution in [0.2, 0.25) is 0 Å². The maximum atomic E-state index is 12.3. The van der Waals surface area contributed by atoms with E-state index in [4.69, 9.17) is 0 Å². The minimum atomic E-state index is -0.101. The van der Waals surface area contributed by atoms with Crippen molar-refractivity contribution >= 4 is 17.5 Å². The highest BCUT2D eigenvalue weighted by atomic mass is 16.2. The fourth-order valence-corrected chi connectivity index (χ4v) is 3.13. The lowest BCUT2D eigenvalue weighted by atomic mass is 10.0. The van der Waals surface area contributed by atoms with Crippen LogP contribution >= 0.6 is 0 Å². The molecule has 0 saturated heterocycles. The first-order valence-corrected chi connectivity index (χ1v) is 8.54. The van der Waals surface area contributed by atoms with Crippen LogP contribution in [0.3, 0.4) is 0 Å². The molecule has 128 valence electrons. The van der Waals surface area contributed by atoms with Crippen LogP contribution in [0, 0.1) is 0 Å². The molecule has 26 heavy (non-hydrogen) atoms. The Morgan fingerprint density at radius 3 is 2.42 bits per heavy atom. The van der Waals surface area contributed by atoms with Gasteiger partial charge in [-0.25, -0.2) is 0 Å². The number of anilines is 1. The molecule has 3 aromatic carbocycles. The molecule has 4 rings (SSSR count). The second-order valence-electron chi connectivity index (χ2n) is 6.34. The van der Waals surface area contributed by atoms with E-state index < -0.39 is 0 Å². The molecule has 0 saturated carbocycles. The smallest absolute Gasteiger partial charge is 0.251 e. The molecule has 2 amide bonds. The molecule has 4 nitrogen and oxygen atoms in total. The summed E-state index contributed by atoms with van der Waals surface area (Å²) >= 11 is 0. The number of benzene rings is 3. The number of hydrogen-bond acceptors (Lipinski definition) is 2. The minimum absolute atomic E-state index is 0.0902. The van der Waals surface area contributed by atoms with Crippen LogP contribution in [0.15, 0.2) is 72.8 Å². The minimum Gasteiger partial charge on any atom is -0.348 e. The molecule has 0 atom stereocenters. The standard InChI is InChI=1S/C22H18N2O2/c25-21(24-19-11-10-18-14-23-22(26)20(18)13-19)12-15-6-8-17(9-7-15)16-4-2-1-3-5-16/h1-11,13H,12,14H2,(H,23,26)(H,24,25). The maximum absolute atomic E-state index is 12.3.